The van der Waals surface area contributed by atoms with Gasteiger partial charge in [-0.15, -0.1) is 0 Å². The van der Waals surface area contributed by atoms with E-state index in [-0.39, 0.29) is 0 Å². The molecule has 0 bridgehead atoms. The van der Waals surface area contributed by atoms with Crippen LogP contribution in [0.1, 0.15) is 16.7 Å². The quantitative estimate of drug-likeness (QED) is 0.140. The first-order valence-corrected chi connectivity index (χ1v) is 20.8. The van der Waals surface area contributed by atoms with Gasteiger partial charge in [0.15, 0.2) is 5.84 Å². The Kier molecular flexibility index (Phi) is 8.07. The molecule has 2 aromatic heterocycles. The summed E-state index contributed by atoms with van der Waals surface area (Å²) in [5.74, 6) is 1.41. The van der Waals surface area contributed by atoms with Gasteiger partial charge in [-0.25, -0.2) is 4.99 Å². The zero-order chi connectivity index (χ0) is 40.4. The molecule has 0 unspecified atom stereocenters. The molecule has 0 atom stereocenters. The van der Waals surface area contributed by atoms with Crippen LogP contribution < -0.4 is 5.32 Å². The lowest BCUT2D eigenvalue weighted by atomic mass is 10.00. The molecule has 0 fully saturated rings. The summed E-state index contributed by atoms with van der Waals surface area (Å²) < 4.78 is 9.27. The zero-order valence-corrected chi connectivity index (χ0v) is 33.4. The summed E-state index contributed by atoms with van der Waals surface area (Å²) in [6.45, 7) is 0.397. The molecule has 0 amide bonds. The third-order valence-electron chi connectivity index (χ3n) is 12.2. The Balaban J connectivity index is 1.08. The lowest BCUT2D eigenvalue weighted by Gasteiger charge is -2.12. The number of nitrogens with one attached hydrogen (secondary N) is 1. The highest BCUT2D eigenvalue weighted by molar-refractivity contribution is 6.20. The SMILES string of the molecule is CNC(=NC(=NCc1cc2ccccc2c2oc3ccc(-n4c5cc6ccccc6cc5c5cc6ccccc6cc54)cc3c12)c1ccccc1)c1cccc2ccccc12. The summed E-state index contributed by atoms with van der Waals surface area (Å²) in [7, 11) is 1.92. The van der Waals surface area contributed by atoms with Crippen LogP contribution in [0.5, 0.6) is 0 Å². The third-order valence-corrected chi connectivity index (χ3v) is 12.2. The topological polar surface area (TPSA) is 54.8 Å². The molecule has 1 N–H and O–H groups in total. The number of fused-ring (bicyclic) bond motifs is 11. The van der Waals surface area contributed by atoms with Crippen molar-refractivity contribution in [2.24, 2.45) is 9.98 Å². The molecule has 2 heterocycles. The summed E-state index contributed by atoms with van der Waals surface area (Å²) in [5, 5.41) is 17.3. The van der Waals surface area contributed by atoms with Crippen LogP contribution in [0.4, 0.5) is 0 Å². The minimum atomic E-state index is 0.397. The molecule has 10 aromatic carbocycles. The molecule has 0 saturated heterocycles. The lowest BCUT2D eigenvalue weighted by molar-refractivity contribution is 0.672. The van der Waals surface area contributed by atoms with E-state index in [1.165, 1.54) is 43.4 Å². The fraction of sp³-hybridized carbons (Fsp3) is 0.0357. The molecule has 5 heteroatoms. The molecular formula is C56H38N4O. The summed E-state index contributed by atoms with van der Waals surface area (Å²) in [4.78, 5) is 10.6. The van der Waals surface area contributed by atoms with Crippen molar-refractivity contribution in [3.05, 3.63) is 211 Å². The molecule has 0 aliphatic heterocycles. The molecule has 12 aromatic rings. The van der Waals surface area contributed by atoms with Crippen molar-refractivity contribution >= 4 is 98.5 Å². The molecule has 0 radical (unpaired) electrons. The van der Waals surface area contributed by atoms with Crippen LogP contribution in [-0.4, -0.2) is 23.3 Å². The van der Waals surface area contributed by atoms with Crippen LogP contribution in [0, 0.1) is 0 Å². The molecule has 12 rings (SSSR count). The van der Waals surface area contributed by atoms with Gasteiger partial charge in [0, 0.05) is 50.8 Å². The van der Waals surface area contributed by atoms with E-state index in [2.05, 4.69) is 186 Å². The van der Waals surface area contributed by atoms with Crippen LogP contribution >= 0.6 is 0 Å². The van der Waals surface area contributed by atoms with E-state index in [1.54, 1.807) is 0 Å². The monoisotopic (exact) mass is 782 g/mol. The summed E-state index contributed by atoms with van der Waals surface area (Å²) in [5.41, 5.74) is 8.16. The van der Waals surface area contributed by atoms with Gasteiger partial charge in [0.1, 0.15) is 17.0 Å². The maximum atomic E-state index is 6.85. The highest BCUT2D eigenvalue weighted by Gasteiger charge is 2.20. The van der Waals surface area contributed by atoms with Crippen LogP contribution in [0.25, 0.3) is 92.5 Å². The highest BCUT2D eigenvalue weighted by Crippen LogP contribution is 2.41. The second kappa shape index (κ2) is 14.1. The molecule has 61 heavy (non-hydrogen) atoms. The first-order valence-electron chi connectivity index (χ1n) is 20.8. The maximum Gasteiger partial charge on any atom is 0.157 e. The number of benzene rings is 10. The van der Waals surface area contributed by atoms with E-state index < -0.39 is 0 Å². The minimum absolute atomic E-state index is 0.397. The van der Waals surface area contributed by atoms with Crippen LogP contribution in [0.3, 0.4) is 0 Å². The molecular weight excluding hydrogens is 745 g/mol. The van der Waals surface area contributed by atoms with Gasteiger partial charge < -0.3 is 14.3 Å². The Morgan fingerprint density at radius 3 is 1.79 bits per heavy atom. The molecule has 288 valence electrons. The number of rotatable bonds is 5. The first-order chi connectivity index (χ1) is 30.2. The molecule has 5 nitrogen and oxygen atoms in total. The van der Waals surface area contributed by atoms with Gasteiger partial charge in [-0.05, 0) is 91.8 Å². The number of hydrogen-bond donors (Lipinski definition) is 1. The van der Waals surface area contributed by atoms with Crippen molar-refractivity contribution in [2.75, 3.05) is 7.05 Å². The highest BCUT2D eigenvalue weighted by atomic mass is 16.3. The summed E-state index contributed by atoms with van der Waals surface area (Å²) >= 11 is 0. The van der Waals surface area contributed by atoms with Crippen molar-refractivity contribution in [1.29, 1.82) is 0 Å². The maximum absolute atomic E-state index is 6.85. The minimum Gasteiger partial charge on any atom is -0.455 e. The van der Waals surface area contributed by atoms with Gasteiger partial charge in [0.2, 0.25) is 0 Å². The Morgan fingerprint density at radius 1 is 0.508 bits per heavy atom. The summed E-state index contributed by atoms with van der Waals surface area (Å²) in [6.07, 6.45) is 0. The normalized spacial score (nSPS) is 12.6. The number of hydrogen-bond acceptors (Lipinski definition) is 2. The fourth-order valence-corrected chi connectivity index (χ4v) is 9.34. The van der Waals surface area contributed by atoms with E-state index in [0.717, 1.165) is 71.7 Å². The predicted molar refractivity (Wildman–Crippen MR) is 257 cm³/mol. The predicted octanol–water partition coefficient (Wildman–Crippen LogP) is 13.9. The second-order valence-corrected chi connectivity index (χ2v) is 15.8. The first kappa shape index (κ1) is 35.0. The van der Waals surface area contributed by atoms with Crippen LogP contribution in [0.15, 0.2) is 209 Å². The van der Waals surface area contributed by atoms with Crippen molar-refractivity contribution in [1.82, 2.24) is 9.88 Å². The average Bonchev–Trinajstić information content (AvgIpc) is 3.85. The van der Waals surface area contributed by atoms with Gasteiger partial charge in [-0.1, -0.05) is 146 Å². The van der Waals surface area contributed by atoms with Crippen molar-refractivity contribution in [3.63, 3.8) is 0 Å². The second-order valence-electron chi connectivity index (χ2n) is 15.8. The zero-order valence-electron chi connectivity index (χ0n) is 33.4. The van der Waals surface area contributed by atoms with Crippen molar-refractivity contribution in [3.8, 4) is 5.69 Å². The molecule has 0 spiro atoms. The van der Waals surface area contributed by atoms with E-state index in [1.807, 2.05) is 25.2 Å². The fourth-order valence-electron chi connectivity index (χ4n) is 9.34. The molecule has 0 saturated carbocycles. The van der Waals surface area contributed by atoms with Crippen LogP contribution in [0.2, 0.25) is 0 Å². The molecule has 0 aliphatic carbocycles. The van der Waals surface area contributed by atoms with E-state index >= 15 is 0 Å². The smallest absolute Gasteiger partial charge is 0.157 e. The number of aliphatic imine (C=N–C) groups is 2. The van der Waals surface area contributed by atoms with Crippen molar-refractivity contribution in [2.45, 2.75) is 6.54 Å². The summed E-state index contributed by atoms with van der Waals surface area (Å²) in [6, 6.07) is 69.0. The van der Waals surface area contributed by atoms with Crippen molar-refractivity contribution < 1.29 is 4.42 Å². The van der Waals surface area contributed by atoms with Gasteiger partial charge in [-0.2, -0.15) is 0 Å². The lowest BCUT2D eigenvalue weighted by Crippen LogP contribution is -2.22. The largest absolute Gasteiger partial charge is 0.455 e. The van der Waals surface area contributed by atoms with E-state index in [0.29, 0.717) is 12.4 Å². The van der Waals surface area contributed by atoms with Gasteiger partial charge in [0.05, 0.1) is 17.6 Å². The van der Waals surface area contributed by atoms with Gasteiger partial charge in [-0.3, -0.25) is 4.99 Å². The van der Waals surface area contributed by atoms with E-state index in [4.69, 9.17) is 14.4 Å². The standard InChI is InChI=1S/C56H38N4O/c1-57-56(46-25-13-22-35-14-9-11-23-44(35)46)59-55(36-15-3-2-4-16-36)58-34-42-28-41-21-10-12-24-45(41)54-53(42)49-33-43(26-27-52(49)61-54)60-50-31-39-19-7-5-17-37(39)29-47(50)48-30-38-18-6-8-20-40(38)32-51(48)60/h2-33H,34H2,1H3,(H,57,58,59). The van der Waals surface area contributed by atoms with Crippen LogP contribution in [-0.2, 0) is 6.54 Å². The Morgan fingerprint density at radius 2 is 1.10 bits per heavy atom. The number of furan rings is 1. The third kappa shape index (κ3) is 5.77. The number of nitrogens with zero attached hydrogens (tertiary/aromatic N) is 3. The van der Waals surface area contributed by atoms with Gasteiger partial charge in [0.25, 0.3) is 0 Å². The molecule has 0 aliphatic rings. The van der Waals surface area contributed by atoms with Gasteiger partial charge >= 0.3 is 0 Å². The number of aromatic nitrogens is 1. The average molecular weight is 783 g/mol. The Labute approximate surface area is 351 Å². The Hall–Kier alpha value is -8.02. The Bertz CT molecular complexity index is 3680. The van der Waals surface area contributed by atoms with E-state index in [9.17, 15) is 0 Å². The number of amidine groups is 2.